The Balaban J connectivity index is 4.02. The minimum atomic E-state index is -1.58. The lowest BCUT2D eigenvalue weighted by molar-refractivity contribution is -0.124. The third-order valence-electron chi connectivity index (χ3n) is 1.45. The quantitative estimate of drug-likeness (QED) is 0.393. The topological polar surface area (TPSA) is 81.9 Å². The predicted octanol–water partition coefficient (Wildman–Crippen LogP) is -0.717. The zero-order valence-corrected chi connectivity index (χ0v) is 7.90. The van der Waals surface area contributed by atoms with Gasteiger partial charge < -0.3 is 15.5 Å². The van der Waals surface area contributed by atoms with E-state index >= 15 is 0 Å². The first kappa shape index (κ1) is 12.1. The summed E-state index contributed by atoms with van der Waals surface area (Å²) in [5.74, 6) is -0.230. The van der Waals surface area contributed by atoms with Gasteiger partial charge in [0.15, 0.2) is 6.29 Å². The summed E-state index contributed by atoms with van der Waals surface area (Å²) in [6.07, 6.45) is -0.141. The molecule has 0 aromatic rings. The van der Waals surface area contributed by atoms with Gasteiger partial charge in [0.25, 0.3) is 0 Å². The molecule has 76 valence electrons. The summed E-state index contributed by atoms with van der Waals surface area (Å²) in [7, 11) is 0. The third kappa shape index (κ3) is 5.32. The lowest BCUT2D eigenvalue weighted by Crippen LogP contribution is -2.32. The molecule has 0 rings (SSSR count). The van der Waals surface area contributed by atoms with Crippen LogP contribution in [0.25, 0.3) is 0 Å². The van der Waals surface area contributed by atoms with Crippen molar-refractivity contribution in [1.29, 1.82) is 0 Å². The number of aliphatic hydroxyl groups excluding tert-OH is 1. The normalized spacial score (nSPS) is 13.6. The van der Waals surface area contributed by atoms with Crippen molar-refractivity contribution < 1.29 is 15.0 Å². The van der Waals surface area contributed by atoms with Gasteiger partial charge in [0.1, 0.15) is 6.04 Å². The van der Waals surface area contributed by atoms with Crippen LogP contribution in [0, 0.1) is 0 Å². The van der Waals surface area contributed by atoms with Crippen LogP contribution in [-0.4, -0.2) is 41.2 Å². The Morgan fingerprint density at radius 1 is 1.62 bits per heavy atom. The summed E-state index contributed by atoms with van der Waals surface area (Å²) in [6, 6.07) is -0.767. The van der Waals surface area contributed by atoms with Crippen LogP contribution in [0.4, 0.5) is 0 Å². The van der Waals surface area contributed by atoms with Crippen molar-refractivity contribution in [1.82, 2.24) is 5.32 Å². The molecule has 0 aliphatic heterocycles. The maximum absolute atomic E-state index is 11.0. The van der Waals surface area contributed by atoms with Gasteiger partial charge >= 0.3 is 0 Å². The zero-order chi connectivity index (χ0) is 10.3. The van der Waals surface area contributed by atoms with Crippen molar-refractivity contribution in [2.24, 2.45) is 4.99 Å². The van der Waals surface area contributed by atoms with Gasteiger partial charge in [-0.3, -0.25) is 9.79 Å². The van der Waals surface area contributed by atoms with Crippen molar-refractivity contribution in [3.05, 3.63) is 0 Å². The molecule has 1 unspecified atom stereocenters. The molecule has 0 aromatic carbocycles. The molecule has 0 saturated heterocycles. The SMILES string of the molecule is CC=NC(CC(=O)NCC)C(O)O. The second kappa shape index (κ2) is 6.56. The van der Waals surface area contributed by atoms with E-state index in [-0.39, 0.29) is 12.3 Å². The van der Waals surface area contributed by atoms with Crippen molar-refractivity contribution in [3.63, 3.8) is 0 Å². The Morgan fingerprint density at radius 2 is 2.23 bits per heavy atom. The highest BCUT2D eigenvalue weighted by atomic mass is 16.5. The van der Waals surface area contributed by atoms with Crippen LogP contribution < -0.4 is 5.32 Å². The number of aliphatic hydroxyl groups is 2. The fraction of sp³-hybridized carbons (Fsp3) is 0.750. The Morgan fingerprint density at radius 3 is 2.62 bits per heavy atom. The van der Waals surface area contributed by atoms with Gasteiger partial charge in [-0.05, 0) is 20.1 Å². The highest BCUT2D eigenvalue weighted by Crippen LogP contribution is 2.01. The molecule has 0 aliphatic carbocycles. The second-order valence-corrected chi connectivity index (χ2v) is 2.55. The molecule has 3 N–H and O–H groups in total. The Bertz CT molecular complexity index is 180. The highest BCUT2D eigenvalue weighted by molar-refractivity contribution is 5.76. The fourth-order valence-corrected chi connectivity index (χ4v) is 0.886. The maximum Gasteiger partial charge on any atom is 0.222 e. The number of aliphatic imine (C=N–C) groups is 1. The number of carbonyl (C=O) groups is 1. The molecular weight excluding hydrogens is 172 g/mol. The van der Waals surface area contributed by atoms with E-state index in [0.717, 1.165) is 0 Å². The molecule has 0 fully saturated rings. The van der Waals surface area contributed by atoms with Crippen LogP contribution in [0.15, 0.2) is 4.99 Å². The van der Waals surface area contributed by atoms with Crippen molar-refractivity contribution in [3.8, 4) is 0 Å². The standard InChI is InChI=1S/C8H16N2O3/c1-3-9-6(8(12)13)5-7(11)10-4-2/h3,6,8,12-13H,4-5H2,1-2H3,(H,10,11). The van der Waals surface area contributed by atoms with Gasteiger partial charge in [-0.1, -0.05) is 0 Å². The highest BCUT2D eigenvalue weighted by Gasteiger charge is 2.17. The number of rotatable bonds is 5. The van der Waals surface area contributed by atoms with Gasteiger partial charge in [0, 0.05) is 6.54 Å². The van der Waals surface area contributed by atoms with Crippen LogP contribution in [0.5, 0.6) is 0 Å². The van der Waals surface area contributed by atoms with Gasteiger partial charge in [0.05, 0.1) is 6.42 Å². The number of hydrogen-bond acceptors (Lipinski definition) is 4. The molecule has 0 radical (unpaired) electrons. The summed E-state index contributed by atoms with van der Waals surface area (Å²) in [5, 5.41) is 20.2. The summed E-state index contributed by atoms with van der Waals surface area (Å²) in [6.45, 7) is 3.99. The van der Waals surface area contributed by atoms with Crippen molar-refractivity contribution in [2.75, 3.05) is 6.54 Å². The second-order valence-electron chi connectivity index (χ2n) is 2.55. The largest absolute Gasteiger partial charge is 0.366 e. The molecular formula is C8H16N2O3. The molecule has 5 nitrogen and oxygen atoms in total. The number of nitrogens with zero attached hydrogens (tertiary/aromatic N) is 1. The molecule has 13 heavy (non-hydrogen) atoms. The predicted molar refractivity (Wildman–Crippen MR) is 49.5 cm³/mol. The molecule has 1 atom stereocenters. The summed E-state index contributed by atoms with van der Waals surface area (Å²) >= 11 is 0. The first-order valence-electron chi connectivity index (χ1n) is 4.22. The Hall–Kier alpha value is -0.940. The lowest BCUT2D eigenvalue weighted by atomic mass is 10.2. The molecule has 5 heteroatoms. The van der Waals surface area contributed by atoms with Crippen molar-refractivity contribution >= 4 is 12.1 Å². The Kier molecular flexibility index (Phi) is 6.09. The fourth-order valence-electron chi connectivity index (χ4n) is 0.886. The third-order valence-corrected chi connectivity index (χ3v) is 1.45. The van der Waals surface area contributed by atoms with E-state index in [1.165, 1.54) is 6.21 Å². The first-order chi connectivity index (χ1) is 6.11. The van der Waals surface area contributed by atoms with E-state index in [1.54, 1.807) is 13.8 Å². The molecule has 0 aromatic heterocycles. The summed E-state index contributed by atoms with van der Waals surface area (Å²) in [4.78, 5) is 14.8. The van der Waals surface area contributed by atoms with Crippen LogP contribution in [0.1, 0.15) is 20.3 Å². The summed E-state index contributed by atoms with van der Waals surface area (Å²) < 4.78 is 0. The van der Waals surface area contributed by atoms with Gasteiger partial charge in [-0.2, -0.15) is 0 Å². The summed E-state index contributed by atoms with van der Waals surface area (Å²) in [5.41, 5.74) is 0. The van der Waals surface area contributed by atoms with E-state index in [9.17, 15) is 4.79 Å². The van der Waals surface area contributed by atoms with E-state index in [2.05, 4.69) is 10.3 Å². The molecule has 0 bridgehead atoms. The first-order valence-corrected chi connectivity index (χ1v) is 4.22. The van der Waals surface area contributed by atoms with E-state index in [4.69, 9.17) is 10.2 Å². The zero-order valence-electron chi connectivity index (χ0n) is 7.90. The molecule has 0 spiro atoms. The molecule has 1 amide bonds. The van der Waals surface area contributed by atoms with Crippen LogP contribution in [0.2, 0.25) is 0 Å². The Labute approximate surface area is 77.5 Å². The minimum Gasteiger partial charge on any atom is -0.366 e. The molecule has 0 heterocycles. The van der Waals surface area contributed by atoms with Gasteiger partial charge in [0.2, 0.25) is 5.91 Å². The van der Waals surface area contributed by atoms with E-state index in [0.29, 0.717) is 6.54 Å². The van der Waals surface area contributed by atoms with Crippen molar-refractivity contribution in [2.45, 2.75) is 32.6 Å². The number of amides is 1. The minimum absolute atomic E-state index is 0.00412. The van der Waals surface area contributed by atoms with Crippen LogP contribution >= 0.6 is 0 Å². The molecule has 0 saturated carbocycles. The maximum atomic E-state index is 11.0. The number of nitrogens with one attached hydrogen (secondary N) is 1. The van der Waals surface area contributed by atoms with Gasteiger partial charge in [-0.15, -0.1) is 0 Å². The van der Waals surface area contributed by atoms with Crippen LogP contribution in [-0.2, 0) is 4.79 Å². The smallest absolute Gasteiger partial charge is 0.222 e. The monoisotopic (exact) mass is 188 g/mol. The van der Waals surface area contributed by atoms with E-state index < -0.39 is 12.3 Å². The average molecular weight is 188 g/mol. The van der Waals surface area contributed by atoms with Gasteiger partial charge in [-0.25, -0.2) is 0 Å². The number of carbonyl (C=O) groups excluding carboxylic acids is 1. The average Bonchev–Trinajstić information content (AvgIpc) is 2.04. The number of hydrogen-bond donors (Lipinski definition) is 3. The van der Waals surface area contributed by atoms with Crippen LogP contribution in [0.3, 0.4) is 0 Å². The lowest BCUT2D eigenvalue weighted by Gasteiger charge is -2.13. The molecule has 0 aliphatic rings. The van der Waals surface area contributed by atoms with E-state index in [1.807, 2.05) is 0 Å².